The van der Waals surface area contributed by atoms with Crippen LogP contribution in [0.2, 0.25) is 0 Å². The largest absolute Gasteiger partial charge is 0.383 e. The van der Waals surface area contributed by atoms with E-state index < -0.39 is 21.9 Å². The van der Waals surface area contributed by atoms with Gasteiger partial charge in [0.1, 0.15) is 5.82 Å². The smallest absolute Gasteiger partial charge is 0.332 e. The maximum Gasteiger partial charge on any atom is 0.332 e. The first kappa shape index (κ1) is 18.0. The van der Waals surface area contributed by atoms with Crippen molar-refractivity contribution in [1.82, 2.24) is 9.13 Å². The minimum atomic E-state index is -0.800. The highest BCUT2D eigenvalue weighted by Crippen LogP contribution is 2.16. The highest BCUT2D eigenvalue weighted by atomic mass is 16.6. The van der Waals surface area contributed by atoms with E-state index >= 15 is 0 Å². The number of nitrogen functional groups attached to an aromatic ring is 1. The van der Waals surface area contributed by atoms with Crippen LogP contribution >= 0.6 is 0 Å². The van der Waals surface area contributed by atoms with Gasteiger partial charge < -0.3 is 5.73 Å². The molecule has 25 heavy (non-hydrogen) atoms. The van der Waals surface area contributed by atoms with Gasteiger partial charge in [0, 0.05) is 25.2 Å². The Balaban J connectivity index is 2.37. The Bertz CT molecular complexity index is 914. The van der Waals surface area contributed by atoms with Gasteiger partial charge in [-0.3, -0.25) is 24.0 Å². The van der Waals surface area contributed by atoms with E-state index in [1.54, 1.807) is 19.1 Å². The minimum Gasteiger partial charge on any atom is -0.383 e. The third-order valence-corrected chi connectivity index (χ3v) is 3.75. The number of nitrogens with zero attached hydrogens (tertiary/aromatic N) is 4. The fourth-order valence-electron chi connectivity index (χ4n) is 2.45. The number of nitro benzene ring substituents is 1. The molecule has 1 aromatic heterocycles. The van der Waals surface area contributed by atoms with Gasteiger partial charge in [-0.2, -0.15) is 0 Å². The molecule has 10 heteroatoms. The first-order valence-corrected chi connectivity index (χ1v) is 7.60. The number of hydrogen-bond acceptors (Lipinski definition) is 7. The molecule has 1 aromatic carbocycles. The molecule has 1 heterocycles. The number of non-ortho nitro benzene ring substituents is 1. The van der Waals surface area contributed by atoms with E-state index in [9.17, 15) is 24.6 Å². The predicted octanol–water partition coefficient (Wildman–Crippen LogP) is 1.55. The third kappa shape index (κ3) is 3.62. The lowest BCUT2D eigenvalue weighted by Gasteiger charge is -2.13. The lowest BCUT2D eigenvalue weighted by Crippen LogP contribution is -2.41. The Morgan fingerprint density at radius 2 is 1.80 bits per heavy atom. The van der Waals surface area contributed by atoms with Gasteiger partial charge in [0.15, 0.2) is 0 Å². The normalized spacial score (nSPS) is 10.6. The maximum atomic E-state index is 12.4. The first-order valence-electron chi connectivity index (χ1n) is 7.60. The lowest BCUT2D eigenvalue weighted by atomic mass is 10.1. The second kappa shape index (κ2) is 7.51. The molecule has 0 saturated heterocycles. The number of hydrogen-bond donors (Lipinski definition) is 1. The van der Waals surface area contributed by atoms with Crippen LogP contribution in [0.25, 0.3) is 0 Å². The van der Waals surface area contributed by atoms with Gasteiger partial charge in [-0.25, -0.2) is 4.79 Å². The molecule has 0 aliphatic carbocycles. The number of aryl methyl sites for hydroxylation is 1. The van der Waals surface area contributed by atoms with Crippen molar-refractivity contribution >= 4 is 17.2 Å². The molecule has 10 nitrogen and oxygen atoms in total. The molecular formula is C15H17N5O5. The SMILES string of the molecule is CCCn1c(=O)c(N=O)c(N)n(CCc2ccc([N+](=O)[O-])cc2)c1=O. The fraction of sp³-hybridized carbons (Fsp3) is 0.333. The molecule has 0 aliphatic rings. The number of benzene rings is 1. The predicted molar refractivity (Wildman–Crippen MR) is 91.9 cm³/mol. The average Bonchev–Trinajstić information content (AvgIpc) is 2.59. The van der Waals surface area contributed by atoms with Gasteiger partial charge in [-0.05, 0) is 23.6 Å². The van der Waals surface area contributed by atoms with E-state index in [4.69, 9.17) is 5.73 Å². The zero-order valence-corrected chi connectivity index (χ0v) is 13.5. The third-order valence-electron chi connectivity index (χ3n) is 3.75. The van der Waals surface area contributed by atoms with Gasteiger partial charge in [0.25, 0.3) is 11.2 Å². The zero-order chi connectivity index (χ0) is 18.6. The second-order valence-corrected chi connectivity index (χ2v) is 5.39. The van der Waals surface area contributed by atoms with Crippen molar-refractivity contribution in [3.05, 3.63) is 65.7 Å². The number of anilines is 1. The summed E-state index contributed by atoms with van der Waals surface area (Å²) < 4.78 is 2.05. The number of nitro groups is 1. The Kier molecular flexibility index (Phi) is 5.42. The molecule has 0 amide bonds. The van der Waals surface area contributed by atoms with Crippen molar-refractivity contribution in [2.24, 2.45) is 5.18 Å². The molecule has 0 spiro atoms. The van der Waals surface area contributed by atoms with Crippen molar-refractivity contribution < 1.29 is 4.92 Å². The van der Waals surface area contributed by atoms with Gasteiger partial charge >= 0.3 is 5.69 Å². The summed E-state index contributed by atoms with van der Waals surface area (Å²) >= 11 is 0. The van der Waals surface area contributed by atoms with E-state index in [-0.39, 0.29) is 24.6 Å². The lowest BCUT2D eigenvalue weighted by molar-refractivity contribution is -0.384. The number of rotatable bonds is 7. The molecule has 0 aliphatic heterocycles. The second-order valence-electron chi connectivity index (χ2n) is 5.39. The summed E-state index contributed by atoms with van der Waals surface area (Å²) in [5, 5.41) is 13.3. The Labute approximate surface area is 141 Å². The molecule has 2 N–H and O–H groups in total. The van der Waals surface area contributed by atoms with Crippen LogP contribution < -0.4 is 17.0 Å². The summed E-state index contributed by atoms with van der Waals surface area (Å²) in [5.74, 6) is -0.278. The molecule has 0 unspecified atom stereocenters. The van der Waals surface area contributed by atoms with E-state index in [1.807, 2.05) is 0 Å². The monoisotopic (exact) mass is 347 g/mol. The van der Waals surface area contributed by atoms with E-state index in [0.717, 1.165) is 14.7 Å². The van der Waals surface area contributed by atoms with Crippen LogP contribution in [-0.2, 0) is 19.5 Å². The highest BCUT2D eigenvalue weighted by molar-refractivity contribution is 5.55. The summed E-state index contributed by atoms with van der Waals surface area (Å²) in [7, 11) is 0. The van der Waals surface area contributed by atoms with Crippen molar-refractivity contribution in [2.75, 3.05) is 5.73 Å². The van der Waals surface area contributed by atoms with Crippen LogP contribution in [0.3, 0.4) is 0 Å². The standard InChI is InChI=1S/C15H17N5O5/c1-2-8-19-14(21)12(17-23)13(16)18(15(19)22)9-7-10-3-5-11(6-4-10)20(24)25/h3-6H,2,7-9,16H2,1H3. The van der Waals surface area contributed by atoms with Gasteiger partial charge in [-0.1, -0.05) is 19.1 Å². The maximum absolute atomic E-state index is 12.4. The van der Waals surface area contributed by atoms with Crippen molar-refractivity contribution in [3.8, 4) is 0 Å². The summed E-state index contributed by atoms with van der Waals surface area (Å²) in [6.45, 7) is 2.05. The zero-order valence-electron chi connectivity index (χ0n) is 13.5. The van der Waals surface area contributed by atoms with Gasteiger partial charge in [-0.15, -0.1) is 4.91 Å². The topological polar surface area (TPSA) is 143 Å². The van der Waals surface area contributed by atoms with Gasteiger partial charge in [0.2, 0.25) is 5.69 Å². The van der Waals surface area contributed by atoms with E-state index in [0.29, 0.717) is 12.8 Å². The van der Waals surface area contributed by atoms with Crippen molar-refractivity contribution in [1.29, 1.82) is 0 Å². The molecule has 2 rings (SSSR count). The minimum absolute atomic E-state index is 0.0376. The van der Waals surface area contributed by atoms with Crippen molar-refractivity contribution in [3.63, 3.8) is 0 Å². The Morgan fingerprint density at radius 3 is 2.32 bits per heavy atom. The number of aromatic nitrogens is 2. The number of nitroso groups, excluding NO2 is 1. The number of nitrogens with two attached hydrogens (primary N) is 1. The van der Waals surface area contributed by atoms with Crippen molar-refractivity contribution in [2.45, 2.75) is 32.9 Å². The highest BCUT2D eigenvalue weighted by Gasteiger charge is 2.17. The molecule has 0 fully saturated rings. The average molecular weight is 347 g/mol. The molecule has 0 atom stereocenters. The van der Waals surface area contributed by atoms with Crippen LogP contribution in [0.5, 0.6) is 0 Å². The Morgan fingerprint density at radius 1 is 1.16 bits per heavy atom. The molecule has 0 bridgehead atoms. The van der Waals surface area contributed by atoms with E-state index in [2.05, 4.69) is 5.18 Å². The summed E-state index contributed by atoms with van der Waals surface area (Å²) in [6, 6.07) is 5.86. The Hall–Kier alpha value is -3.30. The molecule has 0 saturated carbocycles. The molecule has 0 radical (unpaired) electrons. The quantitative estimate of drug-likeness (QED) is 0.457. The fourth-order valence-corrected chi connectivity index (χ4v) is 2.45. The van der Waals surface area contributed by atoms with Crippen LogP contribution in [-0.4, -0.2) is 14.1 Å². The first-order chi connectivity index (χ1) is 11.9. The van der Waals surface area contributed by atoms with E-state index in [1.165, 1.54) is 12.1 Å². The van der Waals surface area contributed by atoms with Crippen LogP contribution in [0.15, 0.2) is 39.0 Å². The summed E-state index contributed by atoms with van der Waals surface area (Å²) in [4.78, 5) is 45.6. The van der Waals surface area contributed by atoms with Crippen LogP contribution in [0.1, 0.15) is 18.9 Å². The summed E-state index contributed by atoms with van der Waals surface area (Å²) in [5.41, 5.74) is 4.56. The summed E-state index contributed by atoms with van der Waals surface area (Å²) in [6.07, 6.45) is 0.866. The van der Waals surface area contributed by atoms with Gasteiger partial charge in [0.05, 0.1) is 4.92 Å². The van der Waals surface area contributed by atoms with Crippen LogP contribution in [0.4, 0.5) is 17.2 Å². The molecular weight excluding hydrogens is 330 g/mol. The van der Waals surface area contributed by atoms with Crippen LogP contribution in [0, 0.1) is 15.0 Å². The molecule has 2 aromatic rings. The molecule has 132 valence electrons.